The lowest BCUT2D eigenvalue weighted by atomic mass is 10.1. The van der Waals surface area contributed by atoms with E-state index in [2.05, 4.69) is 41.0 Å². The molecular formula is C20H25N3O3. The smallest absolute Gasteiger partial charge is 0.270 e. The molecule has 0 aromatic heterocycles. The van der Waals surface area contributed by atoms with Crippen molar-refractivity contribution in [3.8, 4) is 5.75 Å². The normalized spacial score (nSPS) is 15.8. The Hall–Kier alpha value is -2.44. The molecule has 26 heavy (non-hydrogen) atoms. The summed E-state index contributed by atoms with van der Waals surface area (Å²) in [5.41, 5.74) is 3.69. The molecule has 2 aromatic rings. The number of nitro benzene ring substituents is 1. The summed E-state index contributed by atoms with van der Waals surface area (Å²) >= 11 is 0. The van der Waals surface area contributed by atoms with Gasteiger partial charge in [0.05, 0.1) is 12.0 Å². The van der Waals surface area contributed by atoms with Gasteiger partial charge in [-0.25, -0.2) is 0 Å². The van der Waals surface area contributed by atoms with Crippen molar-refractivity contribution < 1.29 is 9.66 Å². The fourth-order valence-corrected chi connectivity index (χ4v) is 3.38. The summed E-state index contributed by atoms with van der Waals surface area (Å²) in [4.78, 5) is 15.5. The van der Waals surface area contributed by atoms with Gasteiger partial charge in [-0.05, 0) is 24.1 Å². The third-order valence-corrected chi connectivity index (χ3v) is 4.99. The Morgan fingerprint density at radius 2 is 1.62 bits per heavy atom. The van der Waals surface area contributed by atoms with Crippen LogP contribution in [0, 0.1) is 17.0 Å². The topological polar surface area (TPSA) is 58.9 Å². The Balaban J connectivity index is 1.60. The van der Waals surface area contributed by atoms with Crippen LogP contribution < -0.4 is 4.74 Å². The molecule has 0 amide bonds. The quantitative estimate of drug-likeness (QED) is 0.588. The molecule has 6 nitrogen and oxygen atoms in total. The number of rotatable bonds is 6. The first kappa shape index (κ1) is 18.4. The average molecular weight is 355 g/mol. The lowest BCUT2D eigenvalue weighted by Gasteiger charge is -2.35. The van der Waals surface area contributed by atoms with Gasteiger partial charge in [-0.1, -0.05) is 24.3 Å². The summed E-state index contributed by atoms with van der Waals surface area (Å²) in [5, 5.41) is 11.0. The highest BCUT2D eigenvalue weighted by Gasteiger charge is 2.20. The maximum atomic E-state index is 11.0. The van der Waals surface area contributed by atoms with Crippen LogP contribution in [0.4, 0.5) is 5.69 Å². The zero-order valence-electron chi connectivity index (χ0n) is 15.4. The third kappa shape index (κ3) is 4.39. The van der Waals surface area contributed by atoms with E-state index in [0.717, 1.165) is 38.3 Å². The second kappa shape index (κ2) is 8.29. The van der Waals surface area contributed by atoms with E-state index in [4.69, 9.17) is 4.74 Å². The highest BCUT2D eigenvalue weighted by Crippen LogP contribution is 2.25. The van der Waals surface area contributed by atoms with Gasteiger partial charge < -0.3 is 4.74 Å². The highest BCUT2D eigenvalue weighted by atomic mass is 16.6. The molecule has 0 bridgehead atoms. The Kier molecular flexibility index (Phi) is 5.85. The number of benzene rings is 2. The van der Waals surface area contributed by atoms with E-state index in [-0.39, 0.29) is 10.6 Å². The van der Waals surface area contributed by atoms with Crippen molar-refractivity contribution >= 4 is 5.69 Å². The minimum atomic E-state index is -0.358. The molecule has 1 aliphatic heterocycles. The van der Waals surface area contributed by atoms with Crippen molar-refractivity contribution in [1.29, 1.82) is 0 Å². The molecule has 0 saturated carbocycles. The molecule has 0 aliphatic carbocycles. The molecule has 1 aliphatic rings. The van der Waals surface area contributed by atoms with E-state index in [9.17, 15) is 10.1 Å². The van der Waals surface area contributed by atoms with Gasteiger partial charge in [-0.15, -0.1) is 0 Å². The van der Waals surface area contributed by atoms with Gasteiger partial charge in [0.25, 0.3) is 5.69 Å². The van der Waals surface area contributed by atoms with Gasteiger partial charge in [0.1, 0.15) is 5.75 Å². The van der Waals surface area contributed by atoms with Crippen molar-refractivity contribution in [2.75, 3.05) is 33.3 Å². The third-order valence-electron chi connectivity index (χ3n) is 4.99. The number of hydrogen-bond donors (Lipinski definition) is 0. The van der Waals surface area contributed by atoms with Crippen LogP contribution in [0.3, 0.4) is 0 Å². The first-order valence-corrected chi connectivity index (χ1v) is 8.87. The van der Waals surface area contributed by atoms with Crippen molar-refractivity contribution in [2.24, 2.45) is 0 Å². The van der Waals surface area contributed by atoms with Gasteiger partial charge >= 0.3 is 0 Å². The largest absolute Gasteiger partial charge is 0.496 e. The number of ether oxygens (including phenoxy) is 1. The predicted octanol–water partition coefficient (Wildman–Crippen LogP) is 3.23. The van der Waals surface area contributed by atoms with Crippen LogP contribution in [0.15, 0.2) is 42.5 Å². The lowest BCUT2D eigenvalue weighted by Crippen LogP contribution is -2.45. The zero-order chi connectivity index (χ0) is 18.5. The van der Waals surface area contributed by atoms with Crippen molar-refractivity contribution in [3.63, 3.8) is 0 Å². The minimum absolute atomic E-state index is 0.110. The lowest BCUT2D eigenvalue weighted by molar-refractivity contribution is -0.385. The minimum Gasteiger partial charge on any atom is -0.496 e. The molecule has 3 rings (SSSR count). The summed E-state index contributed by atoms with van der Waals surface area (Å²) in [6.07, 6.45) is 0. The number of methoxy groups -OCH3 is 1. The number of aryl methyl sites for hydroxylation is 1. The summed E-state index contributed by atoms with van der Waals surface area (Å²) in [6.45, 7) is 7.66. The Bertz CT molecular complexity index is 771. The molecule has 138 valence electrons. The van der Waals surface area contributed by atoms with Crippen molar-refractivity contribution in [1.82, 2.24) is 9.80 Å². The molecule has 1 heterocycles. The predicted molar refractivity (Wildman–Crippen MR) is 101 cm³/mol. The highest BCUT2D eigenvalue weighted by molar-refractivity contribution is 5.43. The number of non-ortho nitro benzene ring substituents is 1. The monoisotopic (exact) mass is 355 g/mol. The zero-order valence-corrected chi connectivity index (χ0v) is 15.4. The van der Waals surface area contributed by atoms with E-state index in [1.165, 1.54) is 17.2 Å². The maximum absolute atomic E-state index is 11.0. The Labute approximate surface area is 154 Å². The molecular weight excluding hydrogens is 330 g/mol. The van der Waals surface area contributed by atoms with Crippen LogP contribution >= 0.6 is 0 Å². The van der Waals surface area contributed by atoms with Gasteiger partial charge in [0.2, 0.25) is 0 Å². The molecule has 0 atom stereocenters. The van der Waals surface area contributed by atoms with E-state index in [1.54, 1.807) is 19.2 Å². The van der Waals surface area contributed by atoms with Crippen LogP contribution in [0.1, 0.15) is 16.7 Å². The number of nitro groups is 1. The number of hydrogen-bond acceptors (Lipinski definition) is 5. The Morgan fingerprint density at radius 3 is 2.19 bits per heavy atom. The second-order valence-electron chi connectivity index (χ2n) is 6.73. The maximum Gasteiger partial charge on any atom is 0.270 e. The van der Waals surface area contributed by atoms with Gasteiger partial charge in [0, 0.05) is 57.0 Å². The summed E-state index contributed by atoms with van der Waals surface area (Å²) < 4.78 is 5.38. The first-order chi connectivity index (χ1) is 12.6. The van der Waals surface area contributed by atoms with E-state index in [0.29, 0.717) is 12.3 Å². The fraction of sp³-hybridized carbons (Fsp3) is 0.400. The first-order valence-electron chi connectivity index (χ1n) is 8.87. The standard InChI is InChI=1S/C20H25N3O3/c1-16-5-3-4-6-17(16)14-21-9-11-22(12-10-21)15-18-13-19(23(24)25)7-8-20(18)26-2/h3-8,13H,9-12,14-15H2,1-2H3. The average Bonchev–Trinajstić information content (AvgIpc) is 2.65. The van der Waals surface area contributed by atoms with E-state index < -0.39 is 0 Å². The SMILES string of the molecule is COc1ccc([N+](=O)[O-])cc1CN1CCN(Cc2ccccc2C)CC1. The van der Waals surface area contributed by atoms with Crippen LogP contribution in [0.25, 0.3) is 0 Å². The summed E-state index contributed by atoms with van der Waals surface area (Å²) in [6, 6.07) is 13.3. The van der Waals surface area contributed by atoms with Gasteiger partial charge in [-0.3, -0.25) is 19.9 Å². The van der Waals surface area contributed by atoms with E-state index in [1.807, 2.05) is 0 Å². The molecule has 1 saturated heterocycles. The number of piperazine rings is 1. The van der Waals surface area contributed by atoms with Crippen LogP contribution in [0.2, 0.25) is 0 Å². The van der Waals surface area contributed by atoms with Gasteiger partial charge in [-0.2, -0.15) is 0 Å². The van der Waals surface area contributed by atoms with Crippen molar-refractivity contribution in [2.45, 2.75) is 20.0 Å². The molecule has 6 heteroatoms. The van der Waals surface area contributed by atoms with Gasteiger partial charge in [0.15, 0.2) is 0 Å². The summed E-state index contributed by atoms with van der Waals surface area (Å²) in [5.74, 6) is 0.706. The number of nitrogens with zero attached hydrogens (tertiary/aromatic N) is 3. The van der Waals surface area contributed by atoms with Crippen LogP contribution in [-0.4, -0.2) is 48.0 Å². The molecule has 0 N–H and O–H groups in total. The molecule has 1 fully saturated rings. The van der Waals surface area contributed by atoms with Crippen molar-refractivity contribution in [3.05, 3.63) is 69.3 Å². The second-order valence-corrected chi connectivity index (χ2v) is 6.73. The molecule has 0 spiro atoms. The van der Waals surface area contributed by atoms with E-state index >= 15 is 0 Å². The van der Waals surface area contributed by atoms with Crippen LogP contribution in [-0.2, 0) is 13.1 Å². The Morgan fingerprint density at radius 1 is 1.00 bits per heavy atom. The molecule has 2 aromatic carbocycles. The van der Waals surface area contributed by atoms with Crippen LogP contribution in [0.5, 0.6) is 5.75 Å². The molecule has 0 radical (unpaired) electrons. The summed E-state index contributed by atoms with van der Waals surface area (Å²) in [7, 11) is 1.60. The molecule has 0 unspecified atom stereocenters. The fourth-order valence-electron chi connectivity index (χ4n) is 3.38.